The fourth-order valence-corrected chi connectivity index (χ4v) is 1.43. The zero-order chi connectivity index (χ0) is 8.27. The third-order valence-corrected chi connectivity index (χ3v) is 2.61. The fraction of sp³-hybridized carbons (Fsp3) is 0.875. The van der Waals surface area contributed by atoms with E-state index in [4.69, 9.17) is 11.6 Å². The summed E-state index contributed by atoms with van der Waals surface area (Å²) in [5, 5.41) is 2.86. The van der Waals surface area contributed by atoms with Crippen molar-refractivity contribution >= 4 is 17.5 Å². The van der Waals surface area contributed by atoms with Gasteiger partial charge in [-0.1, -0.05) is 6.42 Å². The van der Waals surface area contributed by atoms with Gasteiger partial charge < -0.3 is 5.32 Å². The quantitative estimate of drug-likeness (QED) is 0.648. The molecule has 1 saturated carbocycles. The van der Waals surface area contributed by atoms with Crippen LogP contribution in [0.4, 0.5) is 0 Å². The SMILES string of the molecule is CC(NC(=O)CCl)C1CCC1. The summed E-state index contributed by atoms with van der Waals surface area (Å²) in [6, 6.07) is 0.315. The van der Waals surface area contributed by atoms with Gasteiger partial charge in [0.1, 0.15) is 5.88 Å². The number of rotatable bonds is 3. The average Bonchev–Trinajstić information content (AvgIpc) is 1.83. The lowest BCUT2D eigenvalue weighted by molar-refractivity contribution is -0.119. The minimum Gasteiger partial charge on any atom is -0.352 e. The summed E-state index contributed by atoms with van der Waals surface area (Å²) in [7, 11) is 0. The van der Waals surface area contributed by atoms with Crippen molar-refractivity contribution in [1.29, 1.82) is 0 Å². The molecule has 1 amide bonds. The molecule has 0 bridgehead atoms. The number of hydrogen-bond donors (Lipinski definition) is 1. The molecule has 0 aromatic carbocycles. The predicted octanol–water partition coefficient (Wildman–Crippen LogP) is 1.53. The largest absolute Gasteiger partial charge is 0.352 e. The summed E-state index contributed by atoms with van der Waals surface area (Å²) < 4.78 is 0. The van der Waals surface area contributed by atoms with Crippen molar-refractivity contribution < 1.29 is 4.79 Å². The maximum Gasteiger partial charge on any atom is 0.235 e. The number of halogens is 1. The molecule has 1 N–H and O–H groups in total. The molecule has 1 atom stereocenters. The van der Waals surface area contributed by atoms with Crippen LogP contribution in [0.1, 0.15) is 26.2 Å². The Balaban J connectivity index is 2.19. The summed E-state index contributed by atoms with van der Waals surface area (Å²) in [6.45, 7) is 2.05. The maximum absolute atomic E-state index is 10.8. The summed E-state index contributed by atoms with van der Waals surface area (Å²) >= 11 is 5.35. The lowest BCUT2D eigenvalue weighted by Crippen LogP contribution is -2.41. The molecule has 1 rings (SSSR count). The van der Waals surface area contributed by atoms with E-state index in [1.54, 1.807) is 0 Å². The third-order valence-electron chi connectivity index (χ3n) is 2.37. The van der Waals surface area contributed by atoms with E-state index in [0.29, 0.717) is 12.0 Å². The van der Waals surface area contributed by atoms with Crippen molar-refractivity contribution in [3.05, 3.63) is 0 Å². The molecule has 0 saturated heterocycles. The molecule has 64 valence electrons. The second-order valence-electron chi connectivity index (χ2n) is 3.18. The minimum atomic E-state index is -0.0499. The Bertz CT molecular complexity index is 145. The summed E-state index contributed by atoms with van der Waals surface area (Å²) in [6.07, 6.45) is 3.82. The molecule has 3 heteroatoms. The molecule has 0 spiro atoms. The Kier molecular flexibility index (Phi) is 3.18. The number of hydrogen-bond acceptors (Lipinski definition) is 1. The minimum absolute atomic E-state index is 0.0499. The molecular formula is C8H14ClNO. The Hall–Kier alpha value is -0.240. The Morgan fingerprint density at radius 1 is 1.73 bits per heavy atom. The molecule has 0 aromatic rings. The van der Waals surface area contributed by atoms with Crippen molar-refractivity contribution in [3.8, 4) is 0 Å². The standard InChI is InChI=1S/C8H14ClNO/c1-6(7-3-2-4-7)10-8(11)5-9/h6-7H,2-5H2,1H3,(H,10,11). The van der Waals surface area contributed by atoms with Crippen LogP contribution >= 0.6 is 11.6 Å². The van der Waals surface area contributed by atoms with E-state index in [9.17, 15) is 4.79 Å². The van der Waals surface area contributed by atoms with Crippen molar-refractivity contribution in [2.45, 2.75) is 32.2 Å². The highest BCUT2D eigenvalue weighted by atomic mass is 35.5. The van der Waals surface area contributed by atoms with Crippen LogP contribution in [0, 0.1) is 5.92 Å². The molecule has 0 radical (unpaired) electrons. The Morgan fingerprint density at radius 3 is 2.73 bits per heavy atom. The highest BCUT2D eigenvalue weighted by molar-refractivity contribution is 6.27. The van der Waals surface area contributed by atoms with Gasteiger partial charge in [-0.15, -0.1) is 11.6 Å². The van der Waals surface area contributed by atoms with E-state index in [1.165, 1.54) is 19.3 Å². The van der Waals surface area contributed by atoms with Crippen LogP contribution in [-0.4, -0.2) is 17.8 Å². The molecule has 1 aliphatic carbocycles. The van der Waals surface area contributed by atoms with Crippen LogP contribution in [-0.2, 0) is 4.79 Å². The van der Waals surface area contributed by atoms with E-state index < -0.39 is 0 Å². The molecule has 1 unspecified atom stereocenters. The van der Waals surface area contributed by atoms with Gasteiger partial charge in [-0.25, -0.2) is 0 Å². The normalized spacial score (nSPS) is 20.5. The summed E-state index contributed by atoms with van der Waals surface area (Å²) in [5.74, 6) is 0.727. The fourth-order valence-electron chi connectivity index (χ4n) is 1.35. The number of nitrogens with one attached hydrogen (secondary N) is 1. The average molecular weight is 176 g/mol. The Labute approximate surface area is 72.3 Å². The van der Waals surface area contributed by atoms with Gasteiger partial charge in [-0.05, 0) is 25.7 Å². The number of carbonyl (C=O) groups excluding carboxylic acids is 1. The first-order chi connectivity index (χ1) is 5.24. The van der Waals surface area contributed by atoms with Crippen LogP contribution in [0.2, 0.25) is 0 Å². The maximum atomic E-state index is 10.8. The molecule has 1 aliphatic rings. The molecule has 0 aliphatic heterocycles. The van der Waals surface area contributed by atoms with E-state index in [1.807, 2.05) is 6.92 Å². The molecule has 1 fully saturated rings. The van der Waals surface area contributed by atoms with Crippen LogP contribution in [0.25, 0.3) is 0 Å². The zero-order valence-electron chi connectivity index (χ0n) is 6.77. The number of amides is 1. The van der Waals surface area contributed by atoms with Gasteiger partial charge in [0, 0.05) is 6.04 Å². The van der Waals surface area contributed by atoms with Crippen molar-refractivity contribution in [1.82, 2.24) is 5.32 Å². The van der Waals surface area contributed by atoms with E-state index >= 15 is 0 Å². The smallest absolute Gasteiger partial charge is 0.235 e. The van der Waals surface area contributed by atoms with Gasteiger partial charge >= 0.3 is 0 Å². The van der Waals surface area contributed by atoms with Crippen LogP contribution in [0.15, 0.2) is 0 Å². The van der Waals surface area contributed by atoms with Crippen molar-refractivity contribution in [3.63, 3.8) is 0 Å². The van der Waals surface area contributed by atoms with E-state index in [2.05, 4.69) is 5.32 Å². The van der Waals surface area contributed by atoms with Gasteiger partial charge in [0.05, 0.1) is 0 Å². The van der Waals surface area contributed by atoms with Gasteiger partial charge in [0.15, 0.2) is 0 Å². The molecular weight excluding hydrogens is 162 g/mol. The first-order valence-corrected chi connectivity index (χ1v) is 4.63. The second kappa shape index (κ2) is 3.96. The molecule has 0 aromatic heterocycles. The second-order valence-corrected chi connectivity index (χ2v) is 3.45. The van der Waals surface area contributed by atoms with E-state index in [0.717, 1.165) is 0 Å². The highest BCUT2D eigenvalue weighted by Crippen LogP contribution is 2.29. The number of carbonyl (C=O) groups is 1. The van der Waals surface area contributed by atoms with E-state index in [-0.39, 0.29) is 11.8 Å². The monoisotopic (exact) mass is 175 g/mol. The topological polar surface area (TPSA) is 29.1 Å². The first-order valence-electron chi connectivity index (χ1n) is 4.09. The molecule has 2 nitrogen and oxygen atoms in total. The summed E-state index contributed by atoms with van der Waals surface area (Å²) in [4.78, 5) is 10.8. The van der Waals surface area contributed by atoms with Crippen LogP contribution in [0.5, 0.6) is 0 Å². The lowest BCUT2D eigenvalue weighted by atomic mass is 9.80. The van der Waals surface area contributed by atoms with Crippen molar-refractivity contribution in [2.24, 2.45) is 5.92 Å². The van der Waals surface area contributed by atoms with Gasteiger partial charge in [0.2, 0.25) is 5.91 Å². The lowest BCUT2D eigenvalue weighted by Gasteiger charge is -2.31. The Morgan fingerprint density at radius 2 is 2.36 bits per heavy atom. The van der Waals surface area contributed by atoms with Gasteiger partial charge in [-0.2, -0.15) is 0 Å². The van der Waals surface area contributed by atoms with Gasteiger partial charge in [-0.3, -0.25) is 4.79 Å². The van der Waals surface area contributed by atoms with Gasteiger partial charge in [0.25, 0.3) is 0 Å². The third kappa shape index (κ3) is 2.37. The first kappa shape index (κ1) is 8.85. The van der Waals surface area contributed by atoms with Crippen LogP contribution in [0.3, 0.4) is 0 Å². The van der Waals surface area contributed by atoms with Crippen LogP contribution < -0.4 is 5.32 Å². The molecule has 0 heterocycles. The zero-order valence-corrected chi connectivity index (χ0v) is 7.53. The summed E-state index contributed by atoms with van der Waals surface area (Å²) in [5.41, 5.74) is 0. The number of alkyl halides is 1. The highest BCUT2D eigenvalue weighted by Gasteiger charge is 2.24. The van der Waals surface area contributed by atoms with Crippen molar-refractivity contribution in [2.75, 3.05) is 5.88 Å². The predicted molar refractivity (Wildman–Crippen MR) is 45.7 cm³/mol. The molecule has 11 heavy (non-hydrogen) atoms.